The first kappa shape index (κ1) is 21.0. The molecule has 0 N–H and O–H groups in total. The predicted molar refractivity (Wildman–Crippen MR) is 113 cm³/mol. The zero-order chi connectivity index (χ0) is 20.6. The van der Waals surface area contributed by atoms with Crippen molar-refractivity contribution in [1.29, 1.82) is 0 Å². The Morgan fingerprint density at radius 3 is 2.66 bits per heavy atom. The number of ether oxygens (including phenoxy) is 4. The van der Waals surface area contributed by atoms with Gasteiger partial charge in [-0.1, -0.05) is 28.1 Å². The molecule has 152 valence electrons. The van der Waals surface area contributed by atoms with Crippen molar-refractivity contribution in [3.63, 3.8) is 0 Å². The van der Waals surface area contributed by atoms with Crippen LogP contribution in [0.5, 0.6) is 11.5 Å². The van der Waals surface area contributed by atoms with E-state index in [4.69, 9.17) is 23.4 Å². The number of methoxy groups -OCH3 is 1. The summed E-state index contributed by atoms with van der Waals surface area (Å²) in [7, 11) is 1.53. The quantitative estimate of drug-likeness (QED) is 0.244. The Hall–Kier alpha value is -2.77. The Morgan fingerprint density at radius 2 is 1.93 bits per heavy atom. The number of carbonyl (C=O) groups is 1. The molecule has 6 nitrogen and oxygen atoms in total. The summed E-state index contributed by atoms with van der Waals surface area (Å²) >= 11 is 3.42. The van der Waals surface area contributed by atoms with Crippen molar-refractivity contribution in [1.82, 2.24) is 0 Å². The second kappa shape index (κ2) is 10.1. The maximum Gasteiger partial charge on any atom is 0.330 e. The molecule has 0 amide bonds. The second-order valence-electron chi connectivity index (χ2n) is 6.01. The van der Waals surface area contributed by atoms with Crippen LogP contribution in [0.4, 0.5) is 0 Å². The third-order valence-electron chi connectivity index (χ3n) is 3.98. The Labute approximate surface area is 177 Å². The number of halogens is 1. The normalized spacial score (nSPS) is 11.1. The zero-order valence-electron chi connectivity index (χ0n) is 16.1. The van der Waals surface area contributed by atoms with Gasteiger partial charge in [-0.2, -0.15) is 0 Å². The molecule has 7 heteroatoms. The molecule has 0 atom stereocenters. The summed E-state index contributed by atoms with van der Waals surface area (Å²) in [6.45, 7) is 2.39. The summed E-state index contributed by atoms with van der Waals surface area (Å²) in [5.41, 5.74) is 2.18. The molecule has 0 radical (unpaired) electrons. The lowest BCUT2D eigenvalue weighted by Crippen LogP contribution is -2.05. The number of rotatable bonds is 9. The van der Waals surface area contributed by atoms with Crippen LogP contribution in [0, 0.1) is 0 Å². The van der Waals surface area contributed by atoms with Gasteiger partial charge in [-0.05, 0) is 42.8 Å². The Kier molecular flexibility index (Phi) is 7.32. The minimum Gasteiger partial charge on any atom is -0.484 e. The van der Waals surface area contributed by atoms with Gasteiger partial charge in [0.25, 0.3) is 0 Å². The fourth-order valence-corrected chi connectivity index (χ4v) is 2.95. The maximum absolute atomic E-state index is 11.8. The average molecular weight is 461 g/mol. The maximum atomic E-state index is 11.8. The topological polar surface area (TPSA) is 67.1 Å². The van der Waals surface area contributed by atoms with Crippen molar-refractivity contribution in [2.45, 2.75) is 13.5 Å². The first-order chi connectivity index (χ1) is 14.1. The van der Waals surface area contributed by atoms with Crippen LogP contribution in [0.1, 0.15) is 18.1 Å². The molecule has 29 heavy (non-hydrogen) atoms. The van der Waals surface area contributed by atoms with E-state index in [1.165, 1.54) is 13.2 Å². The van der Waals surface area contributed by atoms with Crippen molar-refractivity contribution in [3.05, 3.63) is 64.3 Å². The average Bonchev–Trinajstić information content (AvgIpc) is 3.19. The number of benzene rings is 2. The summed E-state index contributed by atoms with van der Waals surface area (Å²) in [6, 6.07) is 11.5. The van der Waals surface area contributed by atoms with E-state index in [0.717, 1.165) is 15.4 Å². The van der Waals surface area contributed by atoms with Gasteiger partial charge >= 0.3 is 5.97 Å². The van der Waals surface area contributed by atoms with Gasteiger partial charge in [-0.3, -0.25) is 0 Å². The van der Waals surface area contributed by atoms with Gasteiger partial charge in [0.2, 0.25) is 5.75 Å². The van der Waals surface area contributed by atoms with Crippen molar-refractivity contribution in [2.75, 3.05) is 20.5 Å². The van der Waals surface area contributed by atoms with Crippen LogP contribution in [0.25, 0.3) is 17.0 Å². The van der Waals surface area contributed by atoms with Gasteiger partial charge in [-0.15, -0.1) is 0 Å². The minimum atomic E-state index is -0.432. The molecule has 0 bridgehead atoms. The van der Waals surface area contributed by atoms with Gasteiger partial charge < -0.3 is 23.4 Å². The third-order valence-corrected chi connectivity index (χ3v) is 4.51. The Morgan fingerprint density at radius 1 is 1.14 bits per heavy atom. The van der Waals surface area contributed by atoms with Gasteiger partial charge in [0.05, 0.1) is 12.9 Å². The summed E-state index contributed by atoms with van der Waals surface area (Å²) in [4.78, 5) is 11.8. The first-order valence-corrected chi connectivity index (χ1v) is 9.79. The molecule has 3 rings (SSSR count). The van der Waals surface area contributed by atoms with Crippen LogP contribution in [0.2, 0.25) is 0 Å². The summed E-state index contributed by atoms with van der Waals surface area (Å²) in [5.74, 6) is 0.431. The van der Waals surface area contributed by atoms with Crippen molar-refractivity contribution >= 4 is 38.9 Å². The van der Waals surface area contributed by atoms with E-state index in [0.29, 0.717) is 35.9 Å². The molecule has 2 aromatic carbocycles. The highest BCUT2D eigenvalue weighted by Gasteiger charge is 2.18. The lowest BCUT2D eigenvalue weighted by molar-refractivity contribution is -0.137. The van der Waals surface area contributed by atoms with E-state index >= 15 is 0 Å². The van der Waals surface area contributed by atoms with Crippen LogP contribution in [-0.2, 0) is 20.9 Å². The van der Waals surface area contributed by atoms with Crippen molar-refractivity contribution in [3.8, 4) is 11.5 Å². The molecule has 0 saturated carbocycles. The largest absolute Gasteiger partial charge is 0.484 e. The van der Waals surface area contributed by atoms with Crippen molar-refractivity contribution in [2.24, 2.45) is 0 Å². The van der Waals surface area contributed by atoms with E-state index in [9.17, 15) is 4.79 Å². The highest BCUT2D eigenvalue weighted by atomic mass is 79.9. The SMILES string of the molecule is CCOC(=O)/C=C/c1cc2ccoc2c(OCOC)c1OCc1ccc(Br)cc1. The number of esters is 1. The standard InChI is InChI=1S/C22H21BrO6/c1-3-26-19(24)9-6-16-12-17-10-11-27-20(17)22(29-14-25-2)21(16)28-13-15-4-7-18(23)8-5-15/h4-12H,3,13-14H2,1-2H3/b9-6+. The molecular weight excluding hydrogens is 440 g/mol. The van der Waals surface area contributed by atoms with Crippen LogP contribution in [-0.4, -0.2) is 26.5 Å². The Bertz CT molecular complexity index is 990. The number of carbonyl (C=O) groups excluding carboxylic acids is 1. The minimum absolute atomic E-state index is 0.0233. The molecule has 0 aliphatic carbocycles. The van der Waals surface area contributed by atoms with Crippen LogP contribution in [0.3, 0.4) is 0 Å². The lowest BCUT2D eigenvalue weighted by atomic mass is 10.1. The summed E-state index contributed by atoms with van der Waals surface area (Å²) in [5, 5.41) is 0.815. The third kappa shape index (κ3) is 5.40. The number of hydrogen-bond acceptors (Lipinski definition) is 6. The van der Waals surface area contributed by atoms with Crippen LogP contribution in [0.15, 0.2) is 57.6 Å². The lowest BCUT2D eigenvalue weighted by Gasteiger charge is -2.15. The number of fused-ring (bicyclic) bond motifs is 1. The number of hydrogen-bond donors (Lipinski definition) is 0. The van der Waals surface area contributed by atoms with Gasteiger partial charge in [-0.25, -0.2) is 4.79 Å². The monoisotopic (exact) mass is 460 g/mol. The number of furan rings is 1. The van der Waals surface area contributed by atoms with Crippen LogP contribution < -0.4 is 9.47 Å². The van der Waals surface area contributed by atoms with Gasteiger partial charge in [0.1, 0.15) is 6.61 Å². The summed E-state index contributed by atoms with van der Waals surface area (Å²) in [6.07, 6.45) is 4.57. The molecule has 1 aromatic heterocycles. The van der Waals surface area contributed by atoms with Gasteiger partial charge in [0.15, 0.2) is 18.1 Å². The fourth-order valence-electron chi connectivity index (χ4n) is 2.69. The first-order valence-electron chi connectivity index (χ1n) is 9.00. The molecule has 1 heterocycles. The molecule has 0 saturated heterocycles. The van der Waals surface area contributed by atoms with E-state index in [1.54, 1.807) is 19.3 Å². The fraction of sp³-hybridized carbons (Fsp3) is 0.227. The zero-order valence-corrected chi connectivity index (χ0v) is 17.7. The van der Waals surface area contributed by atoms with Crippen molar-refractivity contribution < 1.29 is 28.2 Å². The molecule has 0 aliphatic heterocycles. The smallest absolute Gasteiger partial charge is 0.330 e. The van der Waals surface area contributed by atoms with Gasteiger partial charge in [0, 0.05) is 28.6 Å². The predicted octanol–water partition coefficient (Wildman–Crippen LogP) is 5.33. The molecule has 0 aliphatic rings. The second-order valence-corrected chi connectivity index (χ2v) is 6.93. The van der Waals surface area contributed by atoms with E-state index in [-0.39, 0.29) is 6.79 Å². The molecule has 0 fully saturated rings. The molecule has 0 spiro atoms. The van der Waals surface area contributed by atoms with E-state index in [2.05, 4.69) is 15.9 Å². The molecule has 0 unspecified atom stereocenters. The highest BCUT2D eigenvalue weighted by Crippen LogP contribution is 2.41. The van der Waals surface area contributed by atoms with E-state index < -0.39 is 5.97 Å². The molecular formula is C22H21BrO6. The highest BCUT2D eigenvalue weighted by molar-refractivity contribution is 9.10. The molecule has 3 aromatic rings. The Balaban J connectivity index is 1.99. The summed E-state index contributed by atoms with van der Waals surface area (Å²) < 4.78 is 28.5. The van der Waals surface area contributed by atoms with Crippen LogP contribution >= 0.6 is 15.9 Å². The van der Waals surface area contributed by atoms with E-state index in [1.807, 2.05) is 36.4 Å².